The average Bonchev–Trinajstić information content (AvgIpc) is 3.12. The summed E-state index contributed by atoms with van der Waals surface area (Å²) in [5.74, 6) is 0. The molecule has 0 aliphatic rings. The van der Waals surface area contributed by atoms with E-state index in [1.807, 2.05) is 16.9 Å². The molecule has 3 aromatic carbocycles. The Morgan fingerprint density at radius 3 is 1.96 bits per heavy atom. The topological polar surface area (TPSA) is 17.8 Å². The zero-order valence-corrected chi connectivity index (χ0v) is 14.5. The highest BCUT2D eigenvalue weighted by Crippen LogP contribution is 2.23. The van der Waals surface area contributed by atoms with Gasteiger partial charge in [0.05, 0.1) is 11.4 Å². The Morgan fingerprint density at radius 2 is 1.28 bits per heavy atom. The maximum absolute atomic E-state index is 4.75. The third-order valence-electron chi connectivity index (χ3n) is 4.35. The zero-order chi connectivity index (χ0) is 17.2. The van der Waals surface area contributed by atoms with Crippen LogP contribution >= 0.6 is 0 Å². The first kappa shape index (κ1) is 15.4. The van der Waals surface area contributed by atoms with E-state index in [0.717, 1.165) is 16.9 Å². The normalized spacial score (nSPS) is 10.8. The summed E-state index contributed by atoms with van der Waals surface area (Å²) in [4.78, 5) is 0. The first-order valence-electron chi connectivity index (χ1n) is 8.49. The van der Waals surface area contributed by atoms with E-state index in [1.165, 1.54) is 22.3 Å². The van der Waals surface area contributed by atoms with Gasteiger partial charge in [-0.2, -0.15) is 5.10 Å². The van der Waals surface area contributed by atoms with Crippen molar-refractivity contribution in [3.05, 3.63) is 96.2 Å². The molecule has 0 spiro atoms. The minimum Gasteiger partial charge on any atom is -0.240 e. The van der Waals surface area contributed by atoms with Gasteiger partial charge in [0.1, 0.15) is 0 Å². The first-order valence-corrected chi connectivity index (χ1v) is 8.49. The average molecular weight is 324 g/mol. The van der Waals surface area contributed by atoms with Crippen molar-refractivity contribution in [2.24, 2.45) is 0 Å². The van der Waals surface area contributed by atoms with E-state index < -0.39 is 0 Å². The third kappa shape index (κ3) is 3.24. The molecular formula is C23H20N2. The van der Waals surface area contributed by atoms with Crippen molar-refractivity contribution in [3.63, 3.8) is 0 Å². The molecule has 0 radical (unpaired) electrons. The first-order chi connectivity index (χ1) is 12.2. The molecule has 2 nitrogen and oxygen atoms in total. The van der Waals surface area contributed by atoms with Crippen molar-refractivity contribution in [2.45, 2.75) is 13.8 Å². The van der Waals surface area contributed by atoms with E-state index >= 15 is 0 Å². The van der Waals surface area contributed by atoms with Gasteiger partial charge in [0.2, 0.25) is 0 Å². The van der Waals surface area contributed by atoms with Gasteiger partial charge in [-0.05, 0) is 55.3 Å². The standard InChI is InChI=1S/C23H20N2/c1-17-14-18(2)16-21(15-17)23-12-13-25(24-23)22-10-8-20(9-11-22)19-6-4-3-5-7-19/h3-16H,1-2H3. The smallest absolute Gasteiger partial charge is 0.0927 e. The molecule has 122 valence electrons. The Hall–Kier alpha value is -3.13. The summed E-state index contributed by atoms with van der Waals surface area (Å²) in [6.07, 6.45) is 2.02. The van der Waals surface area contributed by atoms with Crippen molar-refractivity contribution in [2.75, 3.05) is 0 Å². The SMILES string of the molecule is Cc1cc(C)cc(-c2ccn(-c3ccc(-c4ccccc4)cc3)n2)c1. The van der Waals surface area contributed by atoms with Gasteiger partial charge in [-0.1, -0.05) is 59.7 Å². The van der Waals surface area contributed by atoms with E-state index in [-0.39, 0.29) is 0 Å². The molecule has 4 aromatic rings. The lowest BCUT2D eigenvalue weighted by Gasteiger charge is -2.05. The molecule has 0 saturated carbocycles. The maximum Gasteiger partial charge on any atom is 0.0927 e. The molecule has 2 heteroatoms. The Morgan fingerprint density at radius 1 is 0.640 bits per heavy atom. The van der Waals surface area contributed by atoms with Crippen LogP contribution in [0.25, 0.3) is 28.1 Å². The Bertz CT molecular complexity index is 976. The van der Waals surface area contributed by atoms with Gasteiger partial charge in [0, 0.05) is 11.8 Å². The highest BCUT2D eigenvalue weighted by atomic mass is 15.3. The van der Waals surface area contributed by atoms with Crippen LogP contribution in [0.1, 0.15) is 11.1 Å². The summed E-state index contributed by atoms with van der Waals surface area (Å²) >= 11 is 0. The summed E-state index contributed by atoms with van der Waals surface area (Å²) in [6, 6.07) is 27.5. The van der Waals surface area contributed by atoms with E-state index in [1.54, 1.807) is 0 Å². The van der Waals surface area contributed by atoms with Crippen molar-refractivity contribution in [1.82, 2.24) is 9.78 Å². The predicted octanol–water partition coefficient (Wildman–Crippen LogP) is 5.82. The molecule has 1 heterocycles. The molecule has 0 atom stereocenters. The largest absolute Gasteiger partial charge is 0.240 e. The van der Waals surface area contributed by atoms with Gasteiger partial charge >= 0.3 is 0 Å². The van der Waals surface area contributed by atoms with Gasteiger partial charge in [-0.15, -0.1) is 0 Å². The molecular weight excluding hydrogens is 304 g/mol. The van der Waals surface area contributed by atoms with Gasteiger partial charge in [0.15, 0.2) is 0 Å². The number of nitrogens with zero attached hydrogens (tertiary/aromatic N) is 2. The van der Waals surface area contributed by atoms with Gasteiger partial charge < -0.3 is 0 Å². The van der Waals surface area contributed by atoms with Crippen molar-refractivity contribution < 1.29 is 0 Å². The second-order valence-electron chi connectivity index (χ2n) is 6.43. The lowest BCUT2D eigenvalue weighted by Crippen LogP contribution is -1.95. The molecule has 0 aliphatic carbocycles. The molecule has 0 N–H and O–H groups in total. The highest BCUT2D eigenvalue weighted by molar-refractivity contribution is 5.65. The number of benzene rings is 3. The van der Waals surface area contributed by atoms with E-state index in [4.69, 9.17) is 5.10 Å². The van der Waals surface area contributed by atoms with E-state index in [2.05, 4.69) is 86.6 Å². The van der Waals surface area contributed by atoms with Crippen LogP contribution in [0.5, 0.6) is 0 Å². The maximum atomic E-state index is 4.75. The van der Waals surface area contributed by atoms with Gasteiger partial charge in [-0.3, -0.25) is 0 Å². The van der Waals surface area contributed by atoms with Crippen LogP contribution in [-0.2, 0) is 0 Å². The highest BCUT2D eigenvalue weighted by Gasteiger charge is 2.06. The van der Waals surface area contributed by atoms with Crippen LogP contribution < -0.4 is 0 Å². The summed E-state index contributed by atoms with van der Waals surface area (Å²) in [5, 5.41) is 4.75. The lowest BCUT2D eigenvalue weighted by atomic mass is 10.1. The molecule has 0 fully saturated rings. The van der Waals surface area contributed by atoms with Gasteiger partial charge in [-0.25, -0.2) is 4.68 Å². The number of aromatic nitrogens is 2. The fraction of sp³-hybridized carbons (Fsp3) is 0.0870. The van der Waals surface area contributed by atoms with E-state index in [0.29, 0.717) is 0 Å². The van der Waals surface area contributed by atoms with Crippen molar-refractivity contribution >= 4 is 0 Å². The Kier molecular flexibility index (Phi) is 3.95. The van der Waals surface area contributed by atoms with Crippen LogP contribution in [0, 0.1) is 13.8 Å². The molecule has 1 aromatic heterocycles. The predicted molar refractivity (Wildman–Crippen MR) is 104 cm³/mol. The minimum atomic E-state index is 0.999. The molecule has 0 unspecified atom stereocenters. The molecule has 0 aliphatic heterocycles. The number of aryl methyl sites for hydroxylation is 2. The number of hydrogen-bond donors (Lipinski definition) is 0. The quantitative estimate of drug-likeness (QED) is 0.464. The summed E-state index contributed by atoms with van der Waals surface area (Å²) in [7, 11) is 0. The fourth-order valence-corrected chi connectivity index (χ4v) is 3.18. The van der Waals surface area contributed by atoms with Crippen LogP contribution in [0.2, 0.25) is 0 Å². The minimum absolute atomic E-state index is 0.999. The number of rotatable bonds is 3. The van der Waals surface area contributed by atoms with Crippen LogP contribution in [0.3, 0.4) is 0 Å². The zero-order valence-electron chi connectivity index (χ0n) is 14.5. The monoisotopic (exact) mass is 324 g/mol. The van der Waals surface area contributed by atoms with Crippen molar-refractivity contribution in [3.8, 4) is 28.1 Å². The Balaban J connectivity index is 1.64. The molecule has 25 heavy (non-hydrogen) atoms. The molecule has 0 bridgehead atoms. The van der Waals surface area contributed by atoms with Crippen LogP contribution in [-0.4, -0.2) is 9.78 Å². The Labute approximate surface area is 148 Å². The van der Waals surface area contributed by atoms with Gasteiger partial charge in [0.25, 0.3) is 0 Å². The second-order valence-corrected chi connectivity index (χ2v) is 6.43. The molecule has 0 saturated heterocycles. The summed E-state index contributed by atoms with van der Waals surface area (Å²) < 4.78 is 1.93. The second kappa shape index (κ2) is 6.40. The third-order valence-corrected chi connectivity index (χ3v) is 4.35. The number of hydrogen-bond acceptors (Lipinski definition) is 1. The van der Waals surface area contributed by atoms with E-state index in [9.17, 15) is 0 Å². The molecule has 0 amide bonds. The summed E-state index contributed by atoms with van der Waals surface area (Å²) in [5.41, 5.74) is 8.19. The lowest BCUT2D eigenvalue weighted by molar-refractivity contribution is 0.884. The van der Waals surface area contributed by atoms with Crippen LogP contribution in [0.15, 0.2) is 85.1 Å². The van der Waals surface area contributed by atoms with Crippen LogP contribution in [0.4, 0.5) is 0 Å². The summed E-state index contributed by atoms with van der Waals surface area (Å²) in [6.45, 7) is 4.24. The van der Waals surface area contributed by atoms with Crippen molar-refractivity contribution in [1.29, 1.82) is 0 Å². The molecule has 4 rings (SSSR count). The fourth-order valence-electron chi connectivity index (χ4n) is 3.18.